The lowest BCUT2D eigenvalue weighted by molar-refractivity contribution is 0.698. The second kappa shape index (κ2) is 7.31. The number of fused-ring (bicyclic) bond motifs is 1. The minimum absolute atomic E-state index is 0.828. The van der Waals surface area contributed by atoms with Crippen molar-refractivity contribution in [2.24, 2.45) is 0 Å². The van der Waals surface area contributed by atoms with Gasteiger partial charge in [0.05, 0.1) is 17.7 Å². The van der Waals surface area contributed by atoms with Gasteiger partial charge in [-0.15, -0.1) is 5.10 Å². The first-order valence-electron chi connectivity index (χ1n) is 9.61. The molecule has 5 aromatic rings. The average Bonchev–Trinajstić information content (AvgIpc) is 3.41. The molecule has 0 unspecified atom stereocenters. The number of hydrogen-bond acceptors (Lipinski definition) is 4. The van der Waals surface area contributed by atoms with Gasteiger partial charge in [0.2, 0.25) is 0 Å². The van der Waals surface area contributed by atoms with Gasteiger partial charge in [0.15, 0.2) is 0 Å². The molecule has 142 valence electrons. The topological polar surface area (TPSA) is 72.3 Å². The number of nitrogens with zero attached hydrogens (tertiary/aromatic N) is 5. The van der Waals surface area contributed by atoms with E-state index >= 15 is 0 Å². The van der Waals surface area contributed by atoms with Crippen LogP contribution >= 0.6 is 0 Å². The maximum atomic E-state index is 4.56. The predicted molar refractivity (Wildman–Crippen MR) is 113 cm³/mol. The number of benzene rings is 2. The molecule has 0 saturated heterocycles. The van der Waals surface area contributed by atoms with Crippen LogP contribution in [0.1, 0.15) is 11.3 Å². The molecule has 0 bridgehead atoms. The van der Waals surface area contributed by atoms with Crippen LogP contribution in [-0.2, 0) is 13.0 Å². The van der Waals surface area contributed by atoms with E-state index < -0.39 is 0 Å². The summed E-state index contributed by atoms with van der Waals surface area (Å²) in [7, 11) is 0. The zero-order chi connectivity index (χ0) is 19.6. The lowest BCUT2D eigenvalue weighted by Gasteiger charge is -2.07. The molecule has 6 nitrogen and oxygen atoms in total. The molecule has 0 aliphatic heterocycles. The quantitative estimate of drug-likeness (QED) is 0.489. The Bertz CT molecular complexity index is 1280. The Morgan fingerprint density at radius 3 is 2.76 bits per heavy atom. The predicted octanol–water partition coefficient (Wildman–Crippen LogP) is 4.43. The fourth-order valence-corrected chi connectivity index (χ4v) is 3.64. The highest BCUT2D eigenvalue weighted by atomic mass is 15.3. The zero-order valence-corrected chi connectivity index (χ0v) is 16.1. The second-order valence-corrected chi connectivity index (χ2v) is 7.10. The fraction of sp³-hybridized carbons (Fsp3) is 0.130. The molecule has 1 N–H and O–H groups in total. The Labute approximate surface area is 168 Å². The first-order chi connectivity index (χ1) is 14.3. The summed E-state index contributed by atoms with van der Waals surface area (Å²) in [5, 5.41) is 13.5. The van der Waals surface area contributed by atoms with Crippen molar-refractivity contribution in [1.82, 2.24) is 29.9 Å². The van der Waals surface area contributed by atoms with Gasteiger partial charge in [-0.3, -0.25) is 10.1 Å². The van der Waals surface area contributed by atoms with Crippen molar-refractivity contribution >= 4 is 10.8 Å². The number of hydrogen-bond donors (Lipinski definition) is 1. The van der Waals surface area contributed by atoms with Crippen LogP contribution in [0.2, 0.25) is 0 Å². The molecule has 0 spiro atoms. The number of aromatic amines is 1. The van der Waals surface area contributed by atoms with E-state index in [4.69, 9.17) is 0 Å². The largest absolute Gasteiger partial charge is 0.336 e. The minimum atomic E-state index is 0.828. The van der Waals surface area contributed by atoms with Gasteiger partial charge in [-0.25, -0.2) is 4.98 Å². The molecule has 0 amide bonds. The number of aryl methyl sites for hydroxylation is 3. The molecule has 0 saturated carbocycles. The monoisotopic (exact) mass is 380 g/mol. The molecule has 29 heavy (non-hydrogen) atoms. The summed E-state index contributed by atoms with van der Waals surface area (Å²) in [6.45, 7) is 2.82. The molecule has 2 aromatic carbocycles. The summed E-state index contributed by atoms with van der Waals surface area (Å²) in [4.78, 5) is 9.05. The number of pyridine rings is 1. The van der Waals surface area contributed by atoms with Crippen LogP contribution in [0.3, 0.4) is 0 Å². The zero-order valence-electron chi connectivity index (χ0n) is 16.1. The second-order valence-electron chi connectivity index (χ2n) is 7.10. The molecule has 5 rings (SSSR count). The molecular weight excluding hydrogens is 360 g/mol. The number of aromatic nitrogens is 6. The highest BCUT2D eigenvalue weighted by molar-refractivity contribution is 5.85. The Hall–Kier alpha value is -3.80. The molecule has 0 aliphatic carbocycles. The third-order valence-corrected chi connectivity index (χ3v) is 5.17. The van der Waals surface area contributed by atoms with Gasteiger partial charge < -0.3 is 4.57 Å². The summed E-state index contributed by atoms with van der Waals surface area (Å²) in [5.41, 5.74) is 5.78. The van der Waals surface area contributed by atoms with Gasteiger partial charge >= 0.3 is 0 Å². The number of H-pyrrole nitrogens is 1. The molecular formula is C23H20N6. The van der Waals surface area contributed by atoms with Gasteiger partial charge in [-0.05, 0) is 41.8 Å². The summed E-state index contributed by atoms with van der Waals surface area (Å²) >= 11 is 0. The van der Waals surface area contributed by atoms with E-state index in [2.05, 4.69) is 72.4 Å². The van der Waals surface area contributed by atoms with Gasteiger partial charge in [0, 0.05) is 24.5 Å². The van der Waals surface area contributed by atoms with E-state index in [1.54, 1.807) is 6.20 Å². The lowest BCUT2D eigenvalue weighted by Crippen LogP contribution is -1.99. The summed E-state index contributed by atoms with van der Waals surface area (Å²) < 4.78 is 2.12. The van der Waals surface area contributed by atoms with Crippen LogP contribution in [0.4, 0.5) is 0 Å². The van der Waals surface area contributed by atoms with Gasteiger partial charge in [0.1, 0.15) is 11.4 Å². The van der Waals surface area contributed by atoms with Gasteiger partial charge in [0.25, 0.3) is 0 Å². The van der Waals surface area contributed by atoms with E-state index in [0.29, 0.717) is 0 Å². The van der Waals surface area contributed by atoms with E-state index in [9.17, 15) is 0 Å². The maximum Gasteiger partial charge on any atom is 0.115 e. The summed E-state index contributed by atoms with van der Waals surface area (Å²) in [6, 6.07) is 18.9. The van der Waals surface area contributed by atoms with Crippen LogP contribution in [0, 0.1) is 6.92 Å². The van der Waals surface area contributed by atoms with Crippen molar-refractivity contribution < 1.29 is 0 Å². The van der Waals surface area contributed by atoms with Crippen molar-refractivity contribution in [1.29, 1.82) is 0 Å². The molecule has 0 fully saturated rings. The normalized spacial score (nSPS) is 11.2. The number of nitrogens with one attached hydrogen (secondary N) is 1. The van der Waals surface area contributed by atoms with Crippen LogP contribution in [0.15, 0.2) is 73.3 Å². The third-order valence-electron chi connectivity index (χ3n) is 5.17. The van der Waals surface area contributed by atoms with Gasteiger partial charge in [-0.1, -0.05) is 47.7 Å². The van der Waals surface area contributed by atoms with Crippen LogP contribution in [0.25, 0.3) is 33.4 Å². The highest BCUT2D eigenvalue weighted by Gasteiger charge is 2.10. The Morgan fingerprint density at radius 1 is 0.966 bits per heavy atom. The van der Waals surface area contributed by atoms with Crippen LogP contribution in [-0.4, -0.2) is 29.9 Å². The Kier molecular flexibility index (Phi) is 4.37. The van der Waals surface area contributed by atoms with Crippen LogP contribution < -0.4 is 0 Å². The summed E-state index contributed by atoms with van der Waals surface area (Å²) in [5.74, 6) is 0. The standard InChI is InChI=1S/C23H20N6/c1-16-23(27-28-26-16)19-9-11-24-21(13-19)22-14-29(15-25-22)12-10-18-7-4-6-17-5-2-3-8-20(17)18/h2-9,11,13-15H,10,12H2,1H3,(H,26,27,28). The van der Waals surface area contributed by atoms with Crippen molar-refractivity contribution in [3.05, 3.63) is 84.6 Å². The Balaban J connectivity index is 1.37. The number of imidazole rings is 1. The van der Waals surface area contributed by atoms with Crippen molar-refractivity contribution in [2.45, 2.75) is 19.9 Å². The van der Waals surface area contributed by atoms with Gasteiger partial charge in [-0.2, -0.15) is 0 Å². The first-order valence-corrected chi connectivity index (χ1v) is 9.61. The van der Waals surface area contributed by atoms with Crippen molar-refractivity contribution in [3.8, 4) is 22.6 Å². The maximum absolute atomic E-state index is 4.56. The SMILES string of the molecule is Cc1[nH]nnc1-c1ccnc(-c2cn(CCc3cccc4ccccc34)cn2)c1. The molecule has 3 aromatic heterocycles. The van der Waals surface area contributed by atoms with E-state index in [1.165, 1.54) is 16.3 Å². The van der Waals surface area contributed by atoms with Crippen molar-refractivity contribution in [3.63, 3.8) is 0 Å². The first kappa shape index (κ1) is 17.3. The molecule has 0 atom stereocenters. The average molecular weight is 380 g/mol. The summed E-state index contributed by atoms with van der Waals surface area (Å²) in [6.07, 6.45) is 6.65. The third kappa shape index (κ3) is 3.40. The number of rotatable bonds is 5. The molecule has 0 radical (unpaired) electrons. The van der Waals surface area contributed by atoms with Crippen LogP contribution in [0.5, 0.6) is 0 Å². The smallest absolute Gasteiger partial charge is 0.115 e. The van der Waals surface area contributed by atoms with E-state index in [0.717, 1.165) is 41.3 Å². The molecule has 6 heteroatoms. The minimum Gasteiger partial charge on any atom is -0.336 e. The molecule has 0 aliphatic rings. The molecule has 3 heterocycles. The highest BCUT2D eigenvalue weighted by Crippen LogP contribution is 2.24. The fourth-order valence-electron chi connectivity index (χ4n) is 3.64. The lowest BCUT2D eigenvalue weighted by atomic mass is 10.0. The van der Waals surface area contributed by atoms with E-state index in [-0.39, 0.29) is 0 Å². The Morgan fingerprint density at radius 2 is 1.86 bits per heavy atom. The van der Waals surface area contributed by atoms with E-state index in [1.807, 2.05) is 31.6 Å². The van der Waals surface area contributed by atoms with Crippen molar-refractivity contribution in [2.75, 3.05) is 0 Å².